The number of nitrogens with two attached hydrogens (primary N) is 1. The molecule has 3 rings (SSSR count). The first kappa shape index (κ1) is 10.7. The van der Waals surface area contributed by atoms with Gasteiger partial charge in [-0.15, -0.1) is 0 Å². The van der Waals surface area contributed by atoms with Gasteiger partial charge in [-0.3, -0.25) is 4.98 Å². The first-order valence-electron chi connectivity index (χ1n) is 5.64. The van der Waals surface area contributed by atoms with Gasteiger partial charge in [-0.2, -0.15) is 0 Å². The molecule has 0 radical (unpaired) electrons. The van der Waals surface area contributed by atoms with Gasteiger partial charge in [-0.05, 0) is 23.1 Å². The Morgan fingerprint density at radius 3 is 2.61 bits per heavy atom. The molecule has 2 N–H and O–H groups in total. The molecule has 0 aliphatic carbocycles. The molecule has 0 bridgehead atoms. The van der Waals surface area contributed by atoms with E-state index in [1.807, 2.05) is 30.3 Å². The van der Waals surface area contributed by atoms with Gasteiger partial charge in [0.05, 0.1) is 5.69 Å². The number of pyridine rings is 1. The molecule has 1 heterocycles. The lowest BCUT2D eigenvalue weighted by Crippen LogP contribution is -1.94. The Hall–Kier alpha value is -2.42. The molecule has 1 aromatic heterocycles. The van der Waals surface area contributed by atoms with Crippen molar-refractivity contribution in [3.05, 3.63) is 60.7 Å². The Bertz CT molecular complexity index is 717. The minimum Gasteiger partial charge on any atom is -0.396 e. The summed E-state index contributed by atoms with van der Waals surface area (Å²) in [5, 5.41) is 2.03. The predicted octanol–water partition coefficient (Wildman–Crippen LogP) is 3.62. The summed E-state index contributed by atoms with van der Waals surface area (Å²) in [6.07, 6.45) is 3.51. The molecule has 2 nitrogen and oxygen atoms in total. The van der Waals surface area contributed by atoms with Crippen molar-refractivity contribution in [3.8, 4) is 11.1 Å². The van der Waals surface area contributed by atoms with Crippen molar-refractivity contribution in [1.29, 1.82) is 0 Å². The molecule has 0 aliphatic rings. The highest BCUT2D eigenvalue weighted by atomic mass is 19.1. The molecule has 0 aliphatic heterocycles. The fraction of sp³-hybridized carbons (Fsp3) is 0. The average Bonchev–Trinajstić information content (AvgIpc) is 2.41. The minimum absolute atomic E-state index is 0.182. The summed E-state index contributed by atoms with van der Waals surface area (Å²) >= 11 is 0. The number of para-hydroxylation sites is 1. The third-order valence-electron chi connectivity index (χ3n) is 3.02. The van der Waals surface area contributed by atoms with Crippen LogP contribution in [0.15, 0.2) is 54.9 Å². The fourth-order valence-electron chi connectivity index (χ4n) is 2.13. The summed E-state index contributed by atoms with van der Waals surface area (Å²) < 4.78 is 13.5. The van der Waals surface area contributed by atoms with Crippen LogP contribution in [0.2, 0.25) is 0 Å². The van der Waals surface area contributed by atoms with Gasteiger partial charge in [0, 0.05) is 23.3 Å². The molecular weight excluding hydrogens is 227 g/mol. The molecule has 0 saturated heterocycles. The van der Waals surface area contributed by atoms with Crippen LogP contribution in [0.5, 0.6) is 0 Å². The molecule has 0 amide bonds. The van der Waals surface area contributed by atoms with Gasteiger partial charge in [0.1, 0.15) is 5.82 Å². The fourth-order valence-corrected chi connectivity index (χ4v) is 2.13. The largest absolute Gasteiger partial charge is 0.396 e. The maximum atomic E-state index is 13.5. The van der Waals surface area contributed by atoms with Crippen molar-refractivity contribution in [3.63, 3.8) is 0 Å². The zero-order chi connectivity index (χ0) is 12.5. The Morgan fingerprint density at radius 1 is 0.944 bits per heavy atom. The highest BCUT2D eigenvalue weighted by Gasteiger charge is 2.09. The Balaban J connectivity index is 2.35. The topological polar surface area (TPSA) is 38.9 Å². The smallest absolute Gasteiger partial charge is 0.146 e. The van der Waals surface area contributed by atoms with Crippen LogP contribution < -0.4 is 5.73 Å². The van der Waals surface area contributed by atoms with E-state index in [4.69, 9.17) is 5.73 Å². The number of fused-ring (bicyclic) bond motifs is 1. The molecule has 3 aromatic rings. The van der Waals surface area contributed by atoms with Crippen molar-refractivity contribution in [2.24, 2.45) is 0 Å². The van der Waals surface area contributed by atoms with Crippen LogP contribution in [0.3, 0.4) is 0 Å². The number of hydrogen-bond donors (Lipinski definition) is 1. The third kappa shape index (κ3) is 1.61. The SMILES string of the molecule is Nc1c(F)cccc1-c1cccc2cnccc12. The Morgan fingerprint density at radius 2 is 1.72 bits per heavy atom. The molecule has 2 aromatic carbocycles. The van der Waals surface area contributed by atoms with Crippen molar-refractivity contribution >= 4 is 16.5 Å². The van der Waals surface area contributed by atoms with E-state index >= 15 is 0 Å². The number of anilines is 1. The summed E-state index contributed by atoms with van der Waals surface area (Å²) in [5.41, 5.74) is 7.63. The number of nitrogen functional groups attached to an aromatic ring is 1. The van der Waals surface area contributed by atoms with E-state index in [0.29, 0.717) is 5.56 Å². The van der Waals surface area contributed by atoms with Crippen LogP contribution in [0, 0.1) is 5.82 Å². The van der Waals surface area contributed by atoms with Crippen LogP contribution in [-0.2, 0) is 0 Å². The number of halogens is 1. The molecule has 0 unspecified atom stereocenters. The van der Waals surface area contributed by atoms with Crippen LogP contribution >= 0.6 is 0 Å². The molecule has 3 heteroatoms. The number of nitrogens with zero attached hydrogens (tertiary/aromatic N) is 1. The summed E-state index contributed by atoms with van der Waals surface area (Å²) in [6.45, 7) is 0. The lowest BCUT2D eigenvalue weighted by molar-refractivity contribution is 0.633. The summed E-state index contributed by atoms with van der Waals surface area (Å²) in [6, 6.07) is 12.6. The van der Waals surface area contributed by atoms with E-state index < -0.39 is 5.82 Å². The second kappa shape index (κ2) is 4.11. The molecule has 0 spiro atoms. The minimum atomic E-state index is -0.390. The first-order valence-corrected chi connectivity index (χ1v) is 5.64. The van der Waals surface area contributed by atoms with Gasteiger partial charge in [0.2, 0.25) is 0 Å². The van der Waals surface area contributed by atoms with E-state index in [2.05, 4.69) is 4.98 Å². The van der Waals surface area contributed by atoms with Crippen LogP contribution in [0.1, 0.15) is 0 Å². The summed E-state index contributed by atoms with van der Waals surface area (Å²) in [7, 11) is 0. The lowest BCUT2D eigenvalue weighted by atomic mass is 9.98. The predicted molar refractivity (Wildman–Crippen MR) is 71.5 cm³/mol. The Labute approximate surface area is 104 Å². The van der Waals surface area contributed by atoms with Gasteiger partial charge in [0.25, 0.3) is 0 Å². The molecule has 0 fully saturated rings. The number of hydrogen-bond acceptors (Lipinski definition) is 2. The normalized spacial score (nSPS) is 10.7. The van der Waals surface area contributed by atoms with Gasteiger partial charge >= 0.3 is 0 Å². The zero-order valence-electron chi connectivity index (χ0n) is 9.60. The average molecular weight is 238 g/mol. The van der Waals surface area contributed by atoms with Crippen molar-refractivity contribution in [1.82, 2.24) is 4.98 Å². The molecule has 0 atom stereocenters. The van der Waals surface area contributed by atoms with E-state index in [-0.39, 0.29) is 5.69 Å². The Kier molecular flexibility index (Phi) is 2.45. The molecule has 88 valence electrons. The maximum Gasteiger partial charge on any atom is 0.146 e. The van der Waals surface area contributed by atoms with Gasteiger partial charge in [0.15, 0.2) is 0 Å². The van der Waals surface area contributed by atoms with E-state index in [1.54, 1.807) is 18.5 Å². The number of benzene rings is 2. The van der Waals surface area contributed by atoms with E-state index in [9.17, 15) is 4.39 Å². The zero-order valence-corrected chi connectivity index (χ0v) is 9.60. The third-order valence-corrected chi connectivity index (χ3v) is 3.02. The lowest BCUT2D eigenvalue weighted by Gasteiger charge is -2.09. The monoisotopic (exact) mass is 238 g/mol. The van der Waals surface area contributed by atoms with E-state index in [1.165, 1.54) is 6.07 Å². The van der Waals surface area contributed by atoms with Crippen LogP contribution in [0.25, 0.3) is 21.9 Å². The van der Waals surface area contributed by atoms with Gasteiger partial charge in [-0.25, -0.2) is 4.39 Å². The second-order valence-electron chi connectivity index (χ2n) is 4.10. The highest BCUT2D eigenvalue weighted by Crippen LogP contribution is 2.32. The highest BCUT2D eigenvalue weighted by molar-refractivity contribution is 5.98. The van der Waals surface area contributed by atoms with E-state index in [0.717, 1.165) is 16.3 Å². The quantitative estimate of drug-likeness (QED) is 0.657. The van der Waals surface area contributed by atoms with Crippen LogP contribution in [0.4, 0.5) is 10.1 Å². The van der Waals surface area contributed by atoms with Gasteiger partial charge in [-0.1, -0.05) is 30.3 Å². The number of rotatable bonds is 1. The molecule has 0 saturated carbocycles. The summed E-state index contributed by atoms with van der Waals surface area (Å²) in [5.74, 6) is -0.390. The molecule has 18 heavy (non-hydrogen) atoms. The van der Waals surface area contributed by atoms with Crippen molar-refractivity contribution in [2.75, 3.05) is 5.73 Å². The number of aromatic nitrogens is 1. The maximum absolute atomic E-state index is 13.5. The molecular formula is C15H11FN2. The van der Waals surface area contributed by atoms with Crippen LogP contribution in [-0.4, -0.2) is 4.98 Å². The second-order valence-corrected chi connectivity index (χ2v) is 4.10. The first-order chi connectivity index (χ1) is 8.77. The van der Waals surface area contributed by atoms with Crippen molar-refractivity contribution < 1.29 is 4.39 Å². The van der Waals surface area contributed by atoms with Crippen molar-refractivity contribution in [2.45, 2.75) is 0 Å². The van der Waals surface area contributed by atoms with Gasteiger partial charge < -0.3 is 5.73 Å². The standard InChI is InChI=1S/C15H11FN2/c16-14-6-2-5-13(15(14)17)12-4-1-3-10-9-18-8-7-11(10)12/h1-9H,17H2. The summed E-state index contributed by atoms with van der Waals surface area (Å²) in [4.78, 5) is 4.08.